The summed E-state index contributed by atoms with van der Waals surface area (Å²) in [6.45, 7) is -0.435. The first-order chi connectivity index (χ1) is 12.6. The molecule has 0 saturated carbocycles. The highest BCUT2D eigenvalue weighted by Gasteiger charge is 2.26. The maximum atomic E-state index is 12.7. The van der Waals surface area contributed by atoms with Crippen molar-refractivity contribution in [1.82, 2.24) is 4.31 Å². The number of amides is 2. The fourth-order valence-electron chi connectivity index (χ4n) is 2.23. The van der Waals surface area contributed by atoms with E-state index in [0.29, 0.717) is 11.3 Å². The van der Waals surface area contributed by atoms with Crippen LogP contribution in [0.2, 0.25) is 5.02 Å². The van der Waals surface area contributed by atoms with Gasteiger partial charge in [0.1, 0.15) is 10.6 Å². The third-order valence-electron chi connectivity index (χ3n) is 3.63. The first-order valence-electron chi connectivity index (χ1n) is 7.64. The second kappa shape index (κ2) is 8.38. The molecule has 0 aromatic heterocycles. The molecule has 2 amide bonds. The van der Waals surface area contributed by atoms with Crippen LogP contribution in [0.25, 0.3) is 0 Å². The second-order valence-electron chi connectivity index (χ2n) is 5.55. The fraction of sp³-hybridized carbons (Fsp3) is 0.176. The van der Waals surface area contributed by atoms with Gasteiger partial charge < -0.3 is 15.8 Å². The maximum Gasteiger partial charge on any atom is 0.248 e. The summed E-state index contributed by atoms with van der Waals surface area (Å²) in [5.41, 5.74) is 5.84. The molecule has 2 rings (SSSR count). The Morgan fingerprint density at radius 3 is 2.37 bits per heavy atom. The van der Waals surface area contributed by atoms with Gasteiger partial charge in [-0.3, -0.25) is 9.59 Å². The van der Waals surface area contributed by atoms with E-state index in [1.165, 1.54) is 56.6 Å². The molecular weight excluding hydrogens is 394 g/mol. The van der Waals surface area contributed by atoms with Crippen LogP contribution in [0, 0.1) is 0 Å². The van der Waals surface area contributed by atoms with Crippen LogP contribution in [-0.4, -0.2) is 45.2 Å². The number of primary amides is 1. The lowest BCUT2D eigenvalue weighted by atomic mass is 10.2. The van der Waals surface area contributed by atoms with Crippen LogP contribution in [0.3, 0.4) is 0 Å². The molecule has 3 N–H and O–H groups in total. The van der Waals surface area contributed by atoms with E-state index < -0.39 is 28.4 Å². The molecule has 10 heteroatoms. The Balaban J connectivity index is 2.13. The van der Waals surface area contributed by atoms with E-state index in [4.69, 9.17) is 22.1 Å². The van der Waals surface area contributed by atoms with Crippen molar-refractivity contribution in [2.75, 3.05) is 26.0 Å². The van der Waals surface area contributed by atoms with E-state index in [2.05, 4.69) is 5.32 Å². The second-order valence-corrected chi connectivity index (χ2v) is 8.00. The van der Waals surface area contributed by atoms with Crippen molar-refractivity contribution in [2.24, 2.45) is 5.73 Å². The van der Waals surface area contributed by atoms with Gasteiger partial charge in [-0.05, 0) is 42.5 Å². The quantitative estimate of drug-likeness (QED) is 0.718. The molecular formula is C17H18ClN3O5S. The summed E-state index contributed by atoms with van der Waals surface area (Å²) in [5, 5.41) is 2.77. The largest absolute Gasteiger partial charge is 0.495 e. The minimum absolute atomic E-state index is 0.119. The number of hydrogen-bond donors (Lipinski definition) is 2. The number of nitrogens with one attached hydrogen (secondary N) is 1. The van der Waals surface area contributed by atoms with Gasteiger partial charge in [0, 0.05) is 23.3 Å². The standard InChI is InChI=1S/C17H18ClN3O5S/c1-21(27(24,25)15-9-12(18)5-8-14(15)26-2)10-16(22)20-13-6-3-11(4-7-13)17(19)23/h3-9H,10H2,1-2H3,(H2,19,23)(H,20,22). The molecule has 0 spiro atoms. The highest BCUT2D eigenvalue weighted by Crippen LogP contribution is 2.29. The topological polar surface area (TPSA) is 119 Å². The van der Waals surface area contributed by atoms with Crippen molar-refractivity contribution in [3.8, 4) is 5.75 Å². The van der Waals surface area contributed by atoms with Gasteiger partial charge in [-0.2, -0.15) is 4.31 Å². The zero-order valence-electron chi connectivity index (χ0n) is 14.6. The summed E-state index contributed by atoms with van der Waals surface area (Å²) >= 11 is 5.88. The Bertz CT molecular complexity index is 961. The number of benzene rings is 2. The van der Waals surface area contributed by atoms with Gasteiger partial charge in [0.05, 0.1) is 13.7 Å². The Labute approximate surface area is 161 Å². The molecule has 0 saturated heterocycles. The predicted octanol–water partition coefficient (Wildman–Crippen LogP) is 1.71. The highest BCUT2D eigenvalue weighted by atomic mass is 35.5. The fourth-order valence-corrected chi connectivity index (χ4v) is 3.77. The van der Waals surface area contributed by atoms with Crippen molar-refractivity contribution in [3.63, 3.8) is 0 Å². The van der Waals surface area contributed by atoms with Crippen LogP contribution >= 0.6 is 11.6 Å². The number of methoxy groups -OCH3 is 1. The number of nitrogens with two attached hydrogens (primary N) is 1. The Morgan fingerprint density at radius 1 is 1.19 bits per heavy atom. The monoisotopic (exact) mass is 411 g/mol. The molecule has 8 nitrogen and oxygen atoms in total. The van der Waals surface area contributed by atoms with Gasteiger partial charge in [0.25, 0.3) is 0 Å². The van der Waals surface area contributed by atoms with Crippen LogP contribution in [0.4, 0.5) is 5.69 Å². The van der Waals surface area contributed by atoms with Gasteiger partial charge in [0.15, 0.2) is 0 Å². The van der Waals surface area contributed by atoms with E-state index >= 15 is 0 Å². The summed E-state index contributed by atoms with van der Waals surface area (Å²) in [4.78, 5) is 23.1. The molecule has 0 unspecified atom stereocenters. The molecule has 0 heterocycles. The number of rotatable bonds is 7. The third kappa shape index (κ3) is 4.97. The third-order valence-corrected chi connectivity index (χ3v) is 5.69. The van der Waals surface area contributed by atoms with Crippen LogP contribution in [0.15, 0.2) is 47.4 Å². The normalized spacial score (nSPS) is 11.3. The Morgan fingerprint density at radius 2 is 1.81 bits per heavy atom. The molecule has 144 valence electrons. The first-order valence-corrected chi connectivity index (χ1v) is 9.46. The molecule has 0 fully saturated rings. The predicted molar refractivity (Wildman–Crippen MR) is 101 cm³/mol. The van der Waals surface area contributed by atoms with Crippen molar-refractivity contribution in [1.29, 1.82) is 0 Å². The number of hydrogen-bond acceptors (Lipinski definition) is 5. The maximum absolute atomic E-state index is 12.7. The number of likely N-dealkylation sites (N-methyl/N-ethyl adjacent to an activating group) is 1. The smallest absolute Gasteiger partial charge is 0.248 e. The number of ether oxygens (including phenoxy) is 1. The average Bonchev–Trinajstić information content (AvgIpc) is 2.61. The number of sulfonamides is 1. The molecule has 0 bridgehead atoms. The Hall–Kier alpha value is -2.62. The Kier molecular flexibility index (Phi) is 6.42. The summed E-state index contributed by atoms with van der Waals surface area (Å²) in [5.74, 6) is -1.03. The molecule has 0 radical (unpaired) electrons. The lowest BCUT2D eigenvalue weighted by Gasteiger charge is -2.18. The molecule has 27 heavy (non-hydrogen) atoms. The summed E-state index contributed by atoms with van der Waals surface area (Å²) in [7, 11) is -1.40. The van der Waals surface area contributed by atoms with E-state index in [1.54, 1.807) is 0 Å². The van der Waals surface area contributed by atoms with Gasteiger partial charge in [-0.25, -0.2) is 8.42 Å². The minimum atomic E-state index is -4.01. The van der Waals surface area contributed by atoms with Gasteiger partial charge in [-0.15, -0.1) is 0 Å². The SMILES string of the molecule is COc1ccc(Cl)cc1S(=O)(=O)N(C)CC(=O)Nc1ccc(C(N)=O)cc1. The van der Waals surface area contributed by atoms with Crippen molar-refractivity contribution in [3.05, 3.63) is 53.1 Å². The van der Waals surface area contributed by atoms with E-state index in [1.807, 2.05) is 0 Å². The van der Waals surface area contributed by atoms with E-state index in [0.717, 1.165) is 4.31 Å². The van der Waals surface area contributed by atoms with E-state index in [9.17, 15) is 18.0 Å². The number of halogens is 1. The summed E-state index contributed by atoms with van der Waals surface area (Å²) in [6.07, 6.45) is 0. The van der Waals surface area contributed by atoms with Gasteiger partial charge in [0.2, 0.25) is 21.8 Å². The molecule has 0 aliphatic carbocycles. The average molecular weight is 412 g/mol. The molecule has 2 aromatic rings. The number of anilines is 1. The van der Waals surface area contributed by atoms with Crippen LogP contribution in [0.1, 0.15) is 10.4 Å². The van der Waals surface area contributed by atoms with Crippen LogP contribution in [0.5, 0.6) is 5.75 Å². The molecule has 0 aliphatic heterocycles. The zero-order chi connectivity index (χ0) is 20.2. The van der Waals surface area contributed by atoms with Crippen LogP contribution < -0.4 is 15.8 Å². The number of nitrogens with zero attached hydrogens (tertiary/aromatic N) is 1. The van der Waals surface area contributed by atoms with Crippen molar-refractivity contribution >= 4 is 39.1 Å². The lowest BCUT2D eigenvalue weighted by Crippen LogP contribution is -2.35. The minimum Gasteiger partial charge on any atom is -0.495 e. The molecule has 0 atom stereocenters. The highest BCUT2D eigenvalue weighted by molar-refractivity contribution is 7.89. The van der Waals surface area contributed by atoms with Crippen molar-refractivity contribution in [2.45, 2.75) is 4.90 Å². The van der Waals surface area contributed by atoms with E-state index in [-0.39, 0.29) is 15.7 Å². The number of carbonyl (C=O) groups is 2. The number of carbonyl (C=O) groups excluding carboxylic acids is 2. The zero-order valence-corrected chi connectivity index (χ0v) is 16.2. The van der Waals surface area contributed by atoms with Crippen LogP contribution in [-0.2, 0) is 14.8 Å². The molecule has 2 aromatic carbocycles. The first kappa shape index (κ1) is 20.7. The summed E-state index contributed by atoms with van der Waals surface area (Å²) in [6, 6.07) is 10.1. The molecule has 0 aliphatic rings. The van der Waals surface area contributed by atoms with Crippen molar-refractivity contribution < 1.29 is 22.7 Å². The summed E-state index contributed by atoms with van der Waals surface area (Å²) < 4.78 is 31.4. The lowest BCUT2D eigenvalue weighted by molar-refractivity contribution is -0.116. The van der Waals surface area contributed by atoms with Gasteiger partial charge >= 0.3 is 0 Å². The van der Waals surface area contributed by atoms with Gasteiger partial charge in [-0.1, -0.05) is 11.6 Å².